The average Bonchev–Trinajstić information content (AvgIpc) is 2.70. The standard InChI is InChI=1S/C24H40O3/c1-2-3-4-5-6-7-8-9-10-11-12-13-14-15-19-22-24(25)27-26-23-20-17-16-18-21-23/h16-18,20-21H,2-15,19,22H2,1H3. The van der Waals surface area contributed by atoms with E-state index in [2.05, 4.69) is 6.92 Å². The molecule has 1 rings (SSSR count). The van der Waals surface area contributed by atoms with E-state index < -0.39 is 0 Å². The van der Waals surface area contributed by atoms with Crippen molar-refractivity contribution in [3.63, 3.8) is 0 Å². The average molecular weight is 377 g/mol. The summed E-state index contributed by atoms with van der Waals surface area (Å²) in [6, 6.07) is 9.11. The number of carbonyl (C=O) groups excluding carboxylic acids is 1. The van der Waals surface area contributed by atoms with Crippen molar-refractivity contribution < 1.29 is 14.6 Å². The summed E-state index contributed by atoms with van der Waals surface area (Å²) in [6.07, 6.45) is 20.3. The van der Waals surface area contributed by atoms with E-state index >= 15 is 0 Å². The Balaban J connectivity index is 1.77. The fraction of sp³-hybridized carbons (Fsp3) is 0.708. The molecule has 0 fully saturated rings. The van der Waals surface area contributed by atoms with Gasteiger partial charge in [0.15, 0.2) is 5.75 Å². The van der Waals surface area contributed by atoms with Crippen molar-refractivity contribution in [1.82, 2.24) is 0 Å². The summed E-state index contributed by atoms with van der Waals surface area (Å²) in [4.78, 5) is 21.4. The van der Waals surface area contributed by atoms with E-state index in [9.17, 15) is 4.79 Å². The van der Waals surface area contributed by atoms with Gasteiger partial charge in [-0.3, -0.25) is 9.78 Å². The van der Waals surface area contributed by atoms with Gasteiger partial charge < -0.3 is 0 Å². The lowest BCUT2D eigenvalue weighted by Gasteiger charge is -2.04. The first-order valence-electron chi connectivity index (χ1n) is 11.3. The highest BCUT2D eigenvalue weighted by molar-refractivity contribution is 5.68. The van der Waals surface area contributed by atoms with E-state index in [1.165, 1.54) is 83.5 Å². The van der Waals surface area contributed by atoms with Gasteiger partial charge in [-0.15, -0.1) is 0 Å². The molecule has 0 aliphatic rings. The smallest absolute Gasteiger partial charge is 0.287 e. The van der Waals surface area contributed by atoms with Crippen molar-refractivity contribution in [2.45, 2.75) is 110 Å². The molecule has 1 aromatic carbocycles. The van der Waals surface area contributed by atoms with Gasteiger partial charge in [0.05, 0.1) is 6.42 Å². The topological polar surface area (TPSA) is 35.5 Å². The van der Waals surface area contributed by atoms with Crippen LogP contribution in [0.4, 0.5) is 0 Å². The van der Waals surface area contributed by atoms with Gasteiger partial charge in [0.2, 0.25) is 0 Å². The van der Waals surface area contributed by atoms with Crippen LogP contribution in [0, 0.1) is 0 Å². The van der Waals surface area contributed by atoms with E-state index in [4.69, 9.17) is 9.78 Å². The van der Waals surface area contributed by atoms with Crippen LogP contribution < -0.4 is 4.89 Å². The monoisotopic (exact) mass is 376 g/mol. The van der Waals surface area contributed by atoms with Crippen molar-refractivity contribution in [2.24, 2.45) is 0 Å². The molecule has 0 radical (unpaired) electrons. The van der Waals surface area contributed by atoms with Crippen LogP contribution in [-0.2, 0) is 9.68 Å². The molecule has 3 heteroatoms. The number of hydrogen-bond acceptors (Lipinski definition) is 3. The molecule has 0 saturated carbocycles. The molecule has 3 nitrogen and oxygen atoms in total. The first kappa shape index (κ1) is 23.5. The first-order valence-corrected chi connectivity index (χ1v) is 11.3. The third-order valence-electron chi connectivity index (χ3n) is 4.96. The molecule has 0 atom stereocenters. The Hall–Kier alpha value is -1.51. The lowest BCUT2D eigenvalue weighted by Crippen LogP contribution is -2.07. The first-order chi connectivity index (χ1) is 13.3. The van der Waals surface area contributed by atoms with E-state index in [0.29, 0.717) is 12.2 Å². The van der Waals surface area contributed by atoms with Crippen LogP contribution in [0.5, 0.6) is 5.75 Å². The molecule has 0 spiro atoms. The second kappa shape index (κ2) is 17.9. The minimum atomic E-state index is -0.284. The largest absolute Gasteiger partial charge is 0.355 e. The van der Waals surface area contributed by atoms with E-state index in [-0.39, 0.29) is 5.97 Å². The Morgan fingerprint density at radius 3 is 1.59 bits per heavy atom. The summed E-state index contributed by atoms with van der Waals surface area (Å²) >= 11 is 0. The van der Waals surface area contributed by atoms with Crippen LogP contribution in [0.1, 0.15) is 110 Å². The highest BCUT2D eigenvalue weighted by atomic mass is 17.2. The van der Waals surface area contributed by atoms with Gasteiger partial charge in [0.25, 0.3) is 0 Å². The Bertz CT molecular complexity index is 444. The highest BCUT2D eigenvalue weighted by Gasteiger charge is 2.05. The molecule has 1 aromatic rings. The molecule has 0 aromatic heterocycles. The molecule has 0 aliphatic carbocycles. The van der Waals surface area contributed by atoms with Crippen LogP contribution in [0.3, 0.4) is 0 Å². The van der Waals surface area contributed by atoms with E-state index in [0.717, 1.165) is 12.8 Å². The SMILES string of the molecule is CCCCCCCCCCCCCCCCCC(=O)OOc1ccccc1. The summed E-state index contributed by atoms with van der Waals surface area (Å²) in [5.41, 5.74) is 0. The maximum absolute atomic E-state index is 11.6. The molecular formula is C24H40O3. The maximum atomic E-state index is 11.6. The predicted molar refractivity (Wildman–Crippen MR) is 113 cm³/mol. The summed E-state index contributed by atoms with van der Waals surface area (Å²) in [6.45, 7) is 2.27. The summed E-state index contributed by atoms with van der Waals surface area (Å²) in [7, 11) is 0. The minimum Gasteiger partial charge on any atom is -0.287 e. The van der Waals surface area contributed by atoms with Gasteiger partial charge >= 0.3 is 5.97 Å². The molecule has 0 aliphatic heterocycles. The number of benzene rings is 1. The number of hydrogen-bond donors (Lipinski definition) is 0. The molecule has 0 unspecified atom stereocenters. The maximum Gasteiger partial charge on any atom is 0.355 e. The Morgan fingerprint density at radius 1 is 0.667 bits per heavy atom. The molecule has 0 saturated heterocycles. The number of rotatable bonds is 18. The van der Waals surface area contributed by atoms with E-state index in [1.807, 2.05) is 18.2 Å². The number of para-hydroxylation sites is 1. The second-order valence-corrected chi connectivity index (χ2v) is 7.55. The third kappa shape index (κ3) is 15.3. The third-order valence-corrected chi connectivity index (χ3v) is 4.96. The van der Waals surface area contributed by atoms with Gasteiger partial charge in [-0.1, -0.05) is 115 Å². The lowest BCUT2D eigenvalue weighted by molar-refractivity contribution is -0.213. The van der Waals surface area contributed by atoms with Crippen LogP contribution in [0.25, 0.3) is 0 Å². The van der Waals surface area contributed by atoms with Crippen molar-refractivity contribution in [3.05, 3.63) is 30.3 Å². The number of unbranched alkanes of at least 4 members (excludes halogenated alkanes) is 14. The van der Waals surface area contributed by atoms with Gasteiger partial charge in [-0.25, -0.2) is 4.79 Å². The molecule has 27 heavy (non-hydrogen) atoms. The minimum absolute atomic E-state index is 0.284. The molecular weight excluding hydrogens is 336 g/mol. The Kier molecular flexibility index (Phi) is 15.6. The van der Waals surface area contributed by atoms with Crippen LogP contribution in [0.2, 0.25) is 0 Å². The van der Waals surface area contributed by atoms with Gasteiger partial charge in [0.1, 0.15) is 0 Å². The predicted octanol–water partition coefficient (Wildman–Crippen LogP) is 7.79. The molecule has 0 heterocycles. The van der Waals surface area contributed by atoms with Crippen LogP contribution >= 0.6 is 0 Å². The Labute approximate surface area is 166 Å². The fourth-order valence-electron chi connectivity index (χ4n) is 3.25. The van der Waals surface area contributed by atoms with Crippen molar-refractivity contribution in [1.29, 1.82) is 0 Å². The summed E-state index contributed by atoms with van der Waals surface area (Å²) in [5, 5.41) is 0. The summed E-state index contributed by atoms with van der Waals surface area (Å²) in [5.74, 6) is 0.274. The van der Waals surface area contributed by atoms with Gasteiger partial charge in [-0.05, 0) is 18.6 Å². The molecule has 154 valence electrons. The van der Waals surface area contributed by atoms with E-state index in [1.54, 1.807) is 12.1 Å². The van der Waals surface area contributed by atoms with Crippen molar-refractivity contribution in [3.8, 4) is 5.75 Å². The summed E-state index contributed by atoms with van der Waals surface area (Å²) < 4.78 is 0. The number of carbonyl (C=O) groups is 1. The molecule has 0 bridgehead atoms. The molecule has 0 amide bonds. The highest BCUT2D eigenvalue weighted by Crippen LogP contribution is 2.14. The zero-order valence-corrected chi connectivity index (χ0v) is 17.4. The second-order valence-electron chi connectivity index (χ2n) is 7.55. The quantitative estimate of drug-likeness (QED) is 0.149. The Morgan fingerprint density at radius 2 is 1.11 bits per heavy atom. The van der Waals surface area contributed by atoms with Crippen molar-refractivity contribution >= 4 is 5.97 Å². The zero-order chi connectivity index (χ0) is 19.4. The fourth-order valence-corrected chi connectivity index (χ4v) is 3.25. The lowest BCUT2D eigenvalue weighted by atomic mass is 10.0. The zero-order valence-electron chi connectivity index (χ0n) is 17.4. The van der Waals surface area contributed by atoms with Gasteiger partial charge in [-0.2, -0.15) is 0 Å². The van der Waals surface area contributed by atoms with Crippen molar-refractivity contribution in [2.75, 3.05) is 0 Å². The van der Waals surface area contributed by atoms with Crippen LogP contribution in [-0.4, -0.2) is 5.97 Å². The van der Waals surface area contributed by atoms with Crippen LogP contribution in [0.15, 0.2) is 30.3 Å². The molecule has 0 N–H and O–H groups in total. The van der Waals surface area contributed by atoms with Gasteiger partial charge in [0, 0.05) is 0 Å². The normalized spacial score (nSPS) is 10.7.